The van der Waals surface area contributed by atoms with Crippen LogP contribution >= 0.6 is 0 Å². The fourth-order valence-electron chi connectivity index (χ4n) is 1.64. The van der Waals surface area contributed by atoms with Crippen LogP contribution in [0.15, 0.2) is 4.42 Å². The number of nitrogens with zero attached hydrogens (tertiary/aromatic N) is 2. The van der Waals surface area contributed by atoms with Crippen molar-refractivity contribution in [2.75, 3.05) is 13.1 Å². The summed E-state index contributed by atoms with van der Waals surface area (Å²) in [6, 6.07) is 0. The van der Waals surface area contributed by atoms with Gasteiger partial charge in [-0.05, 0) is 19.4 Å². The van der Waals surface area contributed by atoms with Gasteiger partial charge in [0.1, 0.15) is 0 Å². The Morgan fingerprint density at radius 3 is 3.08 bits per heavy atom. The van der Waals surface area contributed by atoms with E-state index < -0.39 is 0 Å². The summed E-state index contributed by atoms with van der Waals surface area (Å²) in [5.41, 5.74) is 0. The van der Waals surface area contributed by atoms with Gasteiger partial charge in [-0.3, -0.25) is 0 Å². The molecule has 72 valence electrons. The van der Waals surface area contributed by atoms with Crippen LogP contribution in [0.25, 0.3) is 0 Å². The largest absolute Gasteiger partial charge is 0.425 e. The minimum Gasteiger partial charge on any atom is -0.425 e. The molecule has 1 atom stereocenters. The van der Waals surface area contributed by atoms with E-state index in [0.717, 1.165) is 31.3 Å². The van der Waals surface area contributed by atoms with Crippen LogP contribution in [-0.2, 0) is 6.42 Å². The topological polar surface area (TPSA) is 51.0 Å². The van der Waals surface area contributed by atoms with Crippen LogP contribution in [0.1, 0.15) is 37.5 Å². The highest BCUT2D eigenvalue weighted by atomic mass is 16.4. The molecular formula is C9H15N3O. The lowest BCUT2D eigenvalue weighted by molar-refractivity contribution is 0.364. The Labute approximate surface area is 77.7 Å². The first kappa shape index (κ1) is 8.69. The number of hydrogen-bond acceptors (Lipinski definition) is 4. The zero-order chi connectivity index (χ0) is 9.10. The molecule has 1 fully saturated rings. The van der Waals surface area contributed by atoms with Gasteiger partial charge in [-0.2, -0.15) is 0 Å². The highest BCUT2D eigenvalue weighted by Crippen LogP contribution is 2.21. The SMILES string of the molecule is CCc1nnc(C2CCCNC2)o1. The van der Waals surface area contributed by atoms with Crippen molar-refractivity contribution in [1.29, 1.82) is 0 Å². The monoisotopic (exact) mass is 181 g/mol. The summed E-state index contributed by atoms with van der Waals surface area (Å²) in [7, 11) is 0. The normalized spacial score (nSPS) is 23.3. The molecule has 0 aromatic carbocycles. The smallest absolute Gasteiger partial charge is 0.220 e. The summed E-state index contributed by atoms with van der Waals surface area (Å²) >= 11 is 0. The molecular weight excluding hydrogens is 166 g/mol. The van der Waals surface area contributed by atoms with Crippen LogP contribution < -0.4 is 5.32 Å². The summed E-state index contributed by atoms with van der Waals surface area (Å²) < 4.78 is 5.51. The van der Waals surface area contributed by atoms with Crippen molar-refractivity contribution in [3.05, 3.63) is 11.8 Å². The van der Waals surface area contributed by atoms with E-state index in [4.69, 9.17) is 4.42 Å². The molecule has 0 spiro atoms. The Hall–Kier alpha value is -0.900. The second-order valence-electron chi connectivity index (χ2n) is 3.43. The Balaban J connectivity index is 2.05. The predicted molar refractivity (Wildman–Crippen MR) is 48.5 cm³/mol. The van der Waals surface area contributed by atoms with Gasteiger partial charge in [-0.15, -0.1) is 10.2 Å². The Morgan fingerprint density at radius 2 is 2.46 bits per heavy atom. The minimum atomic E-state index is 0.432. The van der Waals surface area contributed by atoms with Gasteiger partial charge >= 0.3 is 0 Å². The Kier molecular flexibility index (Phi) is 2.59. The molecule has 0 radical (unpaired) electrons. The van der Waals surface area contributed by atoms with E-state index in [1.54, 1.807) is 0 Å². The molecule has 1 aliphatic heterocycles. The summed E-state index contributed by atoms with van der Waals surface area (Å²) in [4.78, 5) is 0. The molecule has 1 unspecified atom stereocenters. The summed E-state index contributed by atoms with van der Waals surface area (Å²) in [6.07, 6.45) is 3.19. The maximum absolute atomic E-state index is 5.51. The highest BCUT2D eigenvalue weighted by molar-refractivity contribution is 4.94. The lowest BCUT2D eigenvalue weighted by Gasteiger charge is -2.18. The van der Waals surface area contributed by atoms with E-state index in [2.05, 4.69) is 15.5 Å². The third-order valence-corrected chi connectivity index (χ3v) is 2.43. The quantitative estimate of drug-likeness (QED) is 0.742. The van der Waals surface area contributed by atoms with Crippen molar-refractivity contribution >= 4 is 0 Å². The van der Waals surface area contributed by atoms with Crippen LogP contribution in [0, 0.1) is 0 Å². The molecule has 1 aromatic heterocycles. The second-order valence-corrected chi connectivity index (χ2v) is 3.43. The van der Waals surface area contributed by atoms with Gasteiger partial charge in [0.25, 0.3) is 0 Å². The summed E-state index contributed by atoms with van der Waals surface area (Å²) in [5.74, 6) is 1.99. The molecule has 1 N–H and O–H groups in total. The molecule has 0 saturated carbocycles. The standard InChI is InChI=1S/C9H15N3O/c1-2-8-11-12-9(13-8)7-4-3-5-10-6-7/h7,10H,2-6H2,1H3. The molecule has 0 amide bonds. The van der Waals surface area contributed by atoms with Crippen LogP contribution in [0.2, 0.25) is 0 Å². The number of piperidine rings is 1. The molecule has 0 bridgehead atoms. The number of aryl methyl sites for hydroxylation is 1. The molecule has 1 aliphatic rings. The zero-order valence-corrected chi connectivity index (χ0v) is 7.92. The second kappa shape index (κ2) is 3.87. The van der Waals surface area contributed by atoms with Crippen LogP contribution in [0.4, 0.5) is 0 Å². The lowest BCUT2D eigenvalue weighted by Crippen LogP contribution is -2.28. The third-order valence-electron chi connectivity index (χ3n) is 2.43. The maximum Gasteiger partial charge on any atom is 0.220 e. The lowest BCUT2D eigenvalue weighted by atomic mass is 10.00. The van der Waals surface area contributed by atoms with Gasteiger partial charge in [0.05, 0.1) is 0 Å². The summed E-state index contributed by atoms with van der Waals surface area (Å²) in [5, 5.41) is 11.4. The van der Waals surface area contributed by atoms with E-state index >= 15 is 0 Å². The van der Waals surface area contributed by atoms with Gasteiger partial charge in [0.15, 0.2) is 0 Å². The highest BCUT2D eigenvalue weighted by Gasteiger charge is 2.20. The van der Waals surface area contributed by atoms with Crippen molar-refractivity contribution in [3.8, 4) is 0 Å². The van der Waals surface area contributed by atoms with E-state index in [1.807, 2.05) is 6.92 Å². The van der Waals surface area contributed by atoms with E-state index in [0.29, 0.717) is 5.92 Å². The number of aromatic nitrogens is 2. The number of rotatable bonds is 2. The van der Waals surface area contributed by atoms with Crippen LogP contribution in [0.3, 0.4) is 0 Å². The molecule has 0 aliphatic carbocycles. The Morgan fingerprint density at radius 1 is 1.54 bits per heavy atom. The molecule has 2 rings (SSSR count). The van der Waals surface area contributed by atoms with Gasteiger partial charge in [-0.25, -0.2) is 0 Å². The zero-order valence-electron chi connectivity index (χ0n) is 7.92. The predicted octanol–water partition coefficient (Wildman–Crippen LogP) is 1.10. The van der Waals surface area contributed by atoms with Crippen molar-refractivity contribution in [2.45, 2.75) is 32.1 Å². The molecule has 2 heterocycles. The fraction of sp³-hybridized carbons (Fsp3) is 0.778. The van der Waals surface area contributed by atoms with Crippen LogP contribution in [0.5, 0.6) is 0 Å². The van der Waals surface area contributed by atoms with Crippen molar-refractivity contribution in [3.63, 3.8) is 0 Å². The van der Waals surface area contributed by atoms with Crippen molar-refractivity contribution in [2.24, 2.45) is 0 Å². The van der Waals surface area contributed by atoms with E-state index in [-0.39, 0.29) is 0 Å². The Bertz CT molecular complexity index is 266. The fourth-order valence-corrected chi connectivity index (χ4v) is 1.64. The first-order valence-corrected chi connectivity index (χ1v) is 4.93. The number of nitrogens with one attached hydrogen (secondary N) is 1. The molecule has 1 aromatic rings. The van der Waals surface area contributed by atoms with E-state index in [9.17, 15) is 0 Å². The minimum absolute atomic E-state index is 0.432. The molecule has 4 nitrogen and oxygen atoms in total. The van der Waals surface area contributed by atoms with Gasteiger partial charge in [0.2, 0.25) is 11.8 Å². The van der Waals surface area contributed by atoms with Gasteiger partial charge in [-0.1, -0.05) is 6.92 Å². The van der Waals surface area contributed by atoms with Crippen molar-refractivity contribution < 1.29 is 4.42 Å². The third kappa shape index (κ3) is 1.88. The molecule has 1 saturated heterocycles. The molecule has 13 heavy (non-hydrogen) atoms. The maximum atomic E-state index is 5.51. The average Bonchev–Trinajstić information content (AvgIpc) is 2.67. The first-order valence-electron chi connectivity index (χ1n) is 4.93. The van der Waals surface area contributed by atoms with Crippen molar-refractivity contribution in [1.82, 2.24) is 15.5 Å². The van der Waals surface area contributed by atoms with E-state index in [1.165, 1.54) is 12.8 Å². The first-order chi connectivity index (χ1) is 6.40. The average molecular weight is 181 g/mol. The van der Waals surface area contributed by atoms with Gasteiger partial charge in [0, 0.05) is 18.9 Å². The number of hydrogen-bond donors (Lipinski definition) is 1. The van der Waals surface area contributed by atoms with Crippen LogP contribution in [-0.4, -0.2) is 23.3 Å². The molecule has 4 heteroatoms. The summed E-state index contributed by atoms with van der Waals surface area (Å²) in [6.45, 7) is 4.12. The van der Waals surface area contributed by atoms with Gasteiger partial charge < -0.3 is 9.73 Å².